The van der Waals surface area contributed by atoms with Gasteiger partial charge in [-0.2, -0.15) is 0 Å². The number of halogens is 1. The summed E-state index contributed by atoms with van der Waals surface area (Å²) >= 11 is 3.41. The average Bonchev–Trinajstić information content (AvgIpc) is 2.46. The highest BCUT2D eigenvalue weighted by molar-refractivity contribution is 9.10. The number of rotatable bonds is 5. The van der Waals surface area contributed by atoms with Crippen LogP contribution in [0.3, 0.4) is 0 Å². The normalized spacial score (nSPS) is 10.0. The summed E-state index contributed by atoms with van der Waals surface area (Å²) in [7, 11) is 0. The minimum absolute atomic E-state index is 0.152. The summed E-state index contributed by atoms with van der Waals surface area (Å²) in [6.07, 6.45) is 0. The molecule has 0 unspecified atom stereocenters. The summed E-state index contributed by atoms with van der Waals surface area (Å²) in [6.45, 7) is 3.57. The lowest BCUT2D eigenvalue weighted by Gasteiger charge is -2.11. The number of anilines is 3. The maximum Gasteiger partial charge on any atom is 0.243 e. The molecule has 0 aliphatic heterocycles. The first-order valence-electron chi connectivity index (χ1n) is 7.11. The Morgan fingerprint density at radius 2 is 1.74 bits per heavy atom. The van der Waals surface area contributed by atoms with Crippen LogP contribution in [0.1, 0.15) is 12.5 Å². The summed E-state index contributed by atoms with van der Waals surface area (Å²) in [5.41, 5.74) is 3.25. The highest BCUT2D eigenvalue weighted by Crippen LogP contribution is 2.20. The molecule has 0 spiro atoms. The van der Waals surface area contributed by atoms with Crippen LogP contribution < -0.4 is 16.0 Å². The fourth-order valence-electron chi connectivity index (χ4n) is 2.08. The van der Waals surface area contributed by atoms with E-state index in [2.05, 4.69) is 31.9 Å². The van der Waals surface area contributed by atoms with Gasteiger partial charge in [-0.1, -0.05) is 22.0 Å². The molecule has 0 heterocycles. The first kappa shape index (κ1) is 17.0. The number of hydrogen-bond donors (Lipinski definition) is 3. The van der Waals surface area contributed by atoms with Crippen molar-refractivity contribution in [3.05, 3.63) is 52.5 Å². The van der Waals surface area contributed by atoms with Crippen molar-refractivity contribution in [3.63, 3.8) is 0 Å². The molecular weight excluding hydrogens is 358 g/mol. The molecule has 0 saturated carbocycles. The third kappa shape index (κ3) is 5.41. The number of carbonyl (C=O) groups excluding carboxylic acids is 2. The van der Waals surface area contributed by atoms with Crippen LogP contribution in [0.15, 0.2) is 46.9 Å². The van der Waals surface area contributed by atoms with Gasteiger partial charge in [0.05, 0.1) is 6.54 Å². The molecule has 2 aromatic rings. The minimum Gasteiger partial charge on any atom is -0.376 e. The quantitative estimate of drug-likeness (QED) is 0.744. The number of amides is 2. The predicted octanol–water partition coefficient (Wildman–Crippen LogP) is 3.77. The fourth-order valence-corrected chi connectivity index (χ4v) is 2.56. The van der Waals surface area contributed by atoms with Crippen molar-refractivity contribution >= 4 is 44.8 Å². The van der Waals surface area contributed by atoms with Crippen LogP contribution in [0.25, 0.3) is 0 Å². The van der Waals surface area contributed by atoms with E-state index in [1.54, 1.807) is 24.3 Å². The molecule has 2 amide bonds. The number of hydrogen-bond acceptors (Lipinski definition) is 3. The maximum atomic E-state index is 12.0. The van der Waals surface area contributed by atoms with Crippen molar-refractivity contribution in [1.82, 2.24) is 0 Å². The zero-order valence-electron chi connectivity index (χ0n) is 12.9. The molecule has 0 aliphatic rings. The van der Waals surface area contributed by atoms with E-state index >= 15 is 0 Å². The Morgan fingerprint density at radius 3 is 2.39 bits per heavy atom. The molecule has 0 aromatic heterocycles. The van der Waals surface area contributed by atoms with E-state index in [1.807, 2.05) is 25.1 Å². The lowest BCUT2D eigenvalue weighted by Crippen LogP contribution is -2.22. The Hall–Kier alpha value is -2.34. The standard InChI is InChI=1S/C17H18BrN3O2/c1-11-8-13(18)6-7-16(11)19-10-17(23)21-15-5-3-4-14(9-15)20-12(2)22/h3-9,19H,10H2,1-2H3,(H,20,22)(H,21,23). The van der Waals surface area contributed by atoms with Gasteiger partial charge in [0.15, 0.2) is 0 Å². The van der Waals surface area contributed by atoms with Gasteiger partial charge >= 0.3 is 0 Å². The summed E-state index contributed by atoms with van der Waals surface area (Å²) in [5.74, 6) is -0.312. The van der Waals surface area contributed by atoms with Crippen LogP contribution in [0.2, 0.25) is 0 Å². The van der Waals surface area contributed by atoms with Crippen molar-refractivity contribution in [1.29, 1.82) is 0 Å². The third-order valence-electron chi connectivity index (χ3n) is 3.09. The molecule has 0 fully saturated rings. The molecule has 5 nitrogen and oxygen atoms in total. The summed E-state index contributed by atoms with van der Waals surface area (Å²) in [6, 6.07) is 12.8. The second-order valence-corrected chi connectivity index (χ2v) is 6.04. The smallest absolute Gasteiger partial charge is 0.243 e. The molecule has 2 rings (SSSR count). The SMILES string of the molecule is CC(=O)Nc1cccc(NC(=O)CNc2ccc(Br)cc2C)c1. The molecule has 0 aliphatic carbocycles. The Labute approximate surface area is 143 Å². The van der Waals surface area contributed by atoms with Gasteiger partial charge < -0.3 is 16.0 Å². The van der Waals surface area contributed by atoms with E-state index < -0.39 is 0 Å². The Morgan fingerprint density at radius 1 is 1.04 bits per heavy atom. The average molecular weight is 376 g/mol. The first-order valence-corrected chi connectivity index (χ1v) is 7.91. The van der Waals surface area contributed by atoms with Gasteiger partial charge in [-0.05, 0) is 48.9 Å². The molecule has 120 valence electrons. The monoisotopic (exact) mass is 375 g/mol. The highest BCUT2D eigenvalue weighted by Gasteiger charge is 2.05. The van der Waals surface area contributed by atoms with Crippen molar-refractivity contribution in [2.24, 2.45) is 0 Å². The number of aryl methyl sites for hydroxylation is 1. The van der Waals surface area contributed by atoms with Crippen molar-refractivity contribution < 1.29 is 9.59 Å². The fraction of sp³-hybridized carbons (Fsp3) is 0.176. The molecular formula is C17H18BrN3O2. The zero-order chi connectivity index (χ0) is 16.8. The predicted molar refractivity (Wildman–Crippen MR) is 96.7 cm³/mol. The number of benzene rings is 2. The molecule has 0 radical (unpaired) electrons. The third-order valence-corrected chi connectivity index (χ3v) is 3.59. The lowest BCUT2D eigenvalue weighted by molar-refractivity contribution is -0.115. The second kappa shape index (κ2) is 7.78. The minimum atomic E-state index is -0.160. The topological polar surface area (TPSA) is 70.2 Å². The van der Waals surface area contributed by atoms with Crippen LogP contribution in [-0.4, -0.2) is 18.4 Å². The Kier molecular flexibility index (Phi) is 5.76. The number of carbonyl (C=O) groups is 2. The summed E-state index contributed by atoms with van der Waals surface area (Å²) < 4.78 is 1.000. The van der Waals surface area contributed by atoms with Gasteiger partial charge in [-0.3, -0.25) is 9.59 Å². The Balaban J connectivity index is 1.93. The van der Waals surface area contributed by atoms with Gasteiger partial charge in [0.25, 0.3) is 0 Å². The van der Waals surface area contributed by atoms with Gasteiger partial charge in [0, 0.05) is 28.5 Å². The number of nitrogens with one attached hydrogen (secondary N) is 3. The summed E-state index contributed by atoms with van der Waals surface area (Å²) in [4.78, 5) is 23.1. The van der Waals surface area contributed by atoms with Crippen LogP contribution in [0.5, 0.6) is 0 Å². The van der Waals surface area contributed by atoms with Gasteiger partial charge in [0.2, 0.25) is 11.8 Å². The lowest BCUT2D eigenvalue weighted by atomic mass is 10.2. The van der Waals surface area contributed by atoms with Crippen LogP contribution in [0.4, 0.5) is 17.1 Å². The van der Waals surface area contributed by atoms with Crippen LogP contribution >= 0.6 is 15.9 Å². The van der Waals surface area contributed by atoms with Crippen molar-refractivity contribution in [2.45, 2.75) is 13.8 Å². The van der Waals surface area contributed by atoms with E-state index in [1.165, 1.54) is 6.92 Å². The summed E-state index contributed by atoms with van der Waals surface area (Å²) in [5, 5.41) is 8.58. The van der Waals surface area contributed by atoms with E-state index in [0.717, 1.165) is 15.7 Å². The maximum absolute atomic E-state index is 12.0. The van der Waals surface area contributed by atoms with Gasteiger partial charge in [-0.15, -0.1) is 0 Å². The van der Waals surface area contributed by atoms with Crippen molar-refractivity contribution in [2.75, 3.05) is 22.5 Å². The van der Waals surface area contributed by atoms with Crippen LogP contribution in [0, 0.1) is 6.92 Å². The molecule has 0 saturated heterocycles. The van der Waals surface area contributed by atoms with E-state index in [-0.39, 0.29) is 18.4 Å². The molecule has 3 N–H and O–H groups in total. The largest absolute Gasteiger partial charge is 0.376 e. The molecule has 0 atom stereocenters. The van der Waals surface area contributed by atoms with Gasteiger partial charge in [-0.25, -0.2) is 0 Å². The molecule has 23 heavy (non-hydrogen) atoms. The van der Waals surface area contributed by atoms with E-state index in [9.17, 15) is 9.59 Å². The molecule has 2 aromatic carbocycles. The second-order valence-electron chi connectivity index (χ2n) is 5.12. The van der Waals surface area contributed by atoms with E-state index in [4.69, 9.17) is 0 Å². The molecule has 0 bridgehead atoms. The van der Waals surface area contributed by atoms with Gasteiger partial charge in [0.1, 0.15) is 0 Å². The van der Waals surface area contributed by atoms with E-state index in [0.29, 0.717) is 11.4 Å². The van der Waals surface area contributed by atoms with Crippen molar-refractivity contribution in [3.8, 4) is 0 Å². The molecule has 6 heteroatoms. The highest BCUT2D eigenvalue weighted by atomic mass is 79.9. The van der Waals surface area contributed by atoms with Crippen LogP contribution in [-0.2, 0) is 9.59 Å². The first-order chi connectivity index (χ1) is 10.9. The Bertz CT molecular complexity index is 732. The zero-order valence-corrected chi connectivity index (χ0v) is 14.5.